The monoisotopic (exact) mass is 273 g/mol. The molecule has 1 heterocycles. The predicted molar refractivity (Wildman–Crippen MR) is 78.4 cm³/mol. The molecule has 1 aliphatic heterocycles. The fourth-order valence-corrected chi connectivity index (χ4v) is 2.84. The Morgan fingerprint density at radius 2 is 2.05 bits per heavy atom. The van der Waals surface area contributed by atoms with Crippen molar-refractivity contribution in [2.75, 3.05) is 13.2 Å². The maximum Gasteiger partial charge on any atom is 0.228 e. The molecule has 1 saturated carbocycles. The van der Waals surface area contributed by atoms with Gasteiger partial charge in [0.1, 0.15) is 0 Å². The van der Waals surface area contributed by atoms with Crippen LogP contribution in [-0.4, -0.2) is 30.1 Å². The number of carbonyl (C=O) groups is 1. The third-order valence-corrected chi connectivity index (χ3v) is 4.47. The predicted octanol–water partition coefficient (Wildman–Crippen LogP) is 2.83. The molecule has 0 aromatic heterocycles. The molecule has 2 aliphatic rings. The summed E-state index contributed by atoms with van der Waals surface area (Å²) in [5, 5.41) is 0. The van der Waals surface area contributed by atoms with Gasteiger partial charge in [0.15, 0.2) is 0 Å². The number of hydrogen-bond acceptors (Lipinski definition) is 2. The first kappa shape index (κ1) is 13.6. The topological polar surface area (TPSA) is 29.5 Å². The van der Waals surface area contributed by atoms with Crippen molar-refractivity contribution in [1.82, 2.24) is 4.90 Å². The van der Waals surface area contributed by atoms with Gasteiger partial charge in [-0.15, -0.1) is 0 Å². The molecule has 2 fully saturated rings. The zero-order valence-corrected chi connectivity index (χ0v) is 12.4. The van der Waals surface area contributed by atoms with Crippen molar-refractivity contribution in [3.63, 3.8) is 0 Å². The number of rotatable bonds is 4. The molecule has 0 spiro atoms. The van der Waals surface area contributed by atoms with Crippen molar-refractivity contribution >= 4 is 5.91 Å². The first-order valence-electron chi connectivity index (χ1n) is 7.59. The van der Waals surface area contributed by atoms with Crippen molar-refractivity contribution in [2.45, 2.75) is 45.7 Å². The summed E-state index contributed by atoms with van der Waals surface area (Å²) in [6, 6.07) is 6.97. The summed E-state index contributed by atoms with van der Waals surface area (Å²) in [6.07, 6.45) is 3.20. The Bertz CT molecular complexity index is 502. The minimum atomic E-state index is 0.0853. The first-order valence-corrected chi connectivity index (χ1v) is 7.59. The second kappa shape index (κ2) is 5.57. The number of aryl methyl sites for hydroxylation is 2. The van der Waals surface area contributed by atoms with E-state index in [0.717, 1.165) is 32.4 Å². The normalized spacial score (nSPS) is 22.0. The third kappa shape index (κ3) is 2.88. The molecule has 1 aromatic carbocycles. The smallest absolute Gasteiger partial charge is 0.228 e. The van der Waals surface area contributed by atoms with Crippen LogP contribution in [0.15, 0.2) is 18.2 Å². The van der Waals surface area contributed by atoms with Gasteiger partial charge in [-0.1, -0.05) is 18.2 Å². The number of benzene rings is 1. The maximum absolute atomic E-state index is 12.6. The fraction of sp³-hybridized carbons (Fsp3) is 0.588. The summed E-state index contributed by atoms with van der Waals surface area (Å²) in [6.45, 7) is 6.35. The molecule has 0 bridgehead atoms. The molecule has 1 aliphatic carbocycles. The van der Waals surface area contributed by atoms with Crippen LogP contribution in [0.2, 0.25) is 0 Å². The van der Waals surface area contributed by atoms with Gasteiger partial charge in [-0.05, 0) is 49.8 Å². The lowest BCUT2D eigenvalue weighted by Gasteiger charge is -2.25. The van der Waals surface area contributed by atoms with Gasteiger partial charge >= 0.3 is 0 Å². The highest BCUT2D eigenvalue weighted by Crippen LogP contribution is 2.31. The second-order valence-corrected chi connectivity index (χ2v) is 6.18. The second-order valence-electron chi connectivity index (χ2n) is 6.18. The number of nitrogens with zero attached hydrogens (tertiary/aromatic N) is 1. The Morgan fingerprint density at radius 1 is 1.25 bits per heavy atom. The van der Waals surface area contributed by atoms with E-state index in [9.17, 15) is 4.79 Å². The number of ether oxygens (including phenoxy) is 1. The van der Waals surface area contributed by atoms with E-state index in [1.165, 1.54) is 16.7 Å². The van der Waals surface area contributed by atoms with Gasteiger partial charge in [-0.25, -0.2) is 0 Å². The molecule has 0 unspecified atom stereocenters. The Balaban J connectivity index is 1.73. The van der Waals surface area contributed by atoms with Gasteiger partial charge in [0.05, 0.1) is 12.5 Å². The van der Waals surface area contributed by atoms with Crippen molar-refractivity contribution in [3.05, 3.63) is 34.9 Å². The minimum absolute atomic E-state index is 0.0853. The molecule has 0 radical (unpaired) electrons. The molecular formula is C17H23NO2. The van der Waals surface area contributed by atoms with Crippen molar-refractivity contribution in [2.24, 2.45) is 5.92 Å². The Kier molecular flexibility index (Phi) is 3.79. The van der Waals surface area contributed by atoms with Crippen LogP contribution < -0.4 is 0 Å². The van der Waals surface area contributed by atoms with Crippen LogP contribution in [0.25, 0.3) is 0 Å². The van der Waals surface area contributed by atoms with E-state index in [-0.39, 0.29) is 5.92 Å². The highest BCUT2D eigenvalue weighted by atomic mass is 16.5. The van der Waals surface area contributed by atoms with Crippen LogP contribution in [0.4, 0.5) is 0 Å². The molecule has 3 rings (SSSR count). The minimum Gasteiger partial charge on any atom is -0.381 e. The molecule has 3 nitrogen and oxygen atoms in total. The SMILES string of the molecule is Cc1ccc(CN(C(=O)[C@H]2CCOC2)C2CC2)cc1C. The average Bonchev–Trinajstić information content (AvgIpc) is 3.13. The Hall–Kier alpha value is -1.35. The van der Waals surface area contributed by atoms with Crippen molar-refractivity contribution in [3.8, 4) is 0 Å². The molecule has 20 heavy (non-hydrogen) atoms. The lowest BCUT2D eigenvalue weighted by molar-refractivity contribution is -0.136. The summed E-state index contributed by atoms with van der Waals surface area (Å²) < 4.78 is 5.37. The lowest BCUT2D eigenvalue weighted by atomic mass is 10.0. The van der Waals surface area contributed by atoms with Crippen LogP contribution in [-0.2, 0) is 16.1 Å². The van der Waals surface area contributed by atoms with Crippen LogP contribution in [0, 0.1) is 19.8 Å². The van der Waals surface area contributed by atoms with E-state index in [4.69, 9.17) is 4.74 Å². The zero-order valence-electron chi connectivity index (χ0n) is 12.4. The molecule has 1 saturated heterocycles. The average molecular weight is 273 g/mol. The van der Waals surface area contributed by atoms with Crippen LogP contribution in [0.1, 0.15) is 36.0 Å². The van der Waals surface area contributed by atoms with Crippen molar-refractivity contribution in [1.29, 1.82) is 0 Å². The van der Waals surface area contributed by atoms with E-state index >= 15 is 0 Å². The van der Waals surface area contributed by atoms with Gasteiger partial charge in [-0.2, -0.15) is 0 Å². The van der Waals surface area contributed by atoms with E-state index in [2.05, 4.69) is 36.9 Å². The first-order chi connectivity index (χ1) is 9.65. The highest BCUT2D eigenvalue weighted by molar-refractivity contribution is 5.80. The van der Waals surface area contributed by atoms with Gasteiger partial charge in [-0.3, -0.25) is 4.79 Å². The molecule has 108 valence electrons. The Labute approximate surface area is 120 Å². The Morgan fingerprint density at radius 3 is 2.65 bits per heavy atom. The van der Waals surface area contributed by atoms with Gasteiger partial charge in [0.25, 0.3) is 0 Å². The quantitative estimate of drug-likeness (QED) is 0.844. The van der Waals surface area contributed by atoms with E-state index in [1.54, 1.807) is 0 Å². The van der Waals surface area contributed by atoms with Gasteiger partial charge in [0.2, 0.25) is 5.91 Å². The van der Waals surface area contributed by atoms with Crippen molar-refractivity contribution < 1.29 is 9.53 Å². The zero-order chi connectivity index (χ0) is 14.1. The van der Waals surface area contributed by atoms with Crippen LogP contribution in [0.5, 0.6) is 0 Å². The standard InChI is InChI=1S/C17H23NO2/c1-12-3-4-14(9-13(12)2)10-18(16-5-6-16)17(19)15-7-8-20-11-15/h3-4,9,15-16H,5-8,10-11H2,1-2H3/t15-/m0/s1. The molecule has 1 aromatic rings. The summed E-state index contributed by atoms with van der Waals surface area (Å²) >= 11 is 0. The number of amides is 1. The third-order valence-electron chi connectivity index (χ3n) is 4.47. The fourth-order valence-electron chi connectivity index (χ4n) is 2.84. The largest absolute Gasteiger partial charge is 0.381 e. The lowest BCUT2D eigenvalue weighted by Crippen LogP contribution is -2.37. The molecule has 1 atom stereocenters. The van der Waals surface area contributed by atoms with E-state index in [0.29, 0.717) is 18.6 Å². The number of carbonyl (C=O) groups excluding carboxylic acids is 1. The van der Waals surface area contributed by atoms with Crippen LogP contribution >= 0.6 is 0 Å². The summed E-state index contributed by atoms with van der Waals surface area (Å²) in [7, 11) is 0. The van der Waals surface area contributed by atoms with Crippen LogP contribution in [0.3, 0.4) is 0 Å². The summed E-state index contributed by atoms with van der Waals surface area (Å²) in [4.78, 5) is 14.7. The molecular weight excluding hydrogens is 250 g/mol. The molecule has 1 amide bonds. The van der Waals surface area contributed by atoms with E-state index < -0.39 is 0 Å². The summed E-state index contributed by atoms with van der Waals surface area (Å²) in [5.74, 6) is 0.380. The highest BCUT2D eigenvalue weighted by Gasteiger charge is 2.36. The summed E-state index contributed by atoms with van der Waals surface area (Å²) in [5.41, 5.74) is 3.85. The van der Waals surface area contributed by atoms with E-state index in [1.807, 2.05) is 0 Å². The van der Waals surface area contributed by atoms with Gasteiger partial charge in [0, 0.05) is 19.2 Å². The number of hydrogen-bond donors (Lipinski definition) is 0. The molecule has 3 heteroatoms. The maximum atomic E-state index is 12.6. The van der Waals surface area contributed by atoms with Gasteiger partial charge < -0.3 is 9.64 Å². The molecule has 0 N–H and O–H groups in total.